The van der Waals surface area contributed by atoms with Crippen LogP contribution in [0.4, 0.5) is 0 Å². The van der Waals surface area contributed by atoms with E-state index in [0.717, 1.165) is 16.9 Å². The second kappa shape index (κ2) is 6.46. The van der Waals surface area contributed by atoms with E-state index in [1.807, 2.05) is 61.5 Å². The molecule has 3 nitrogen and oxygen atoms in total. The summed E-state index contributed by atoms with van der Waals surface area (Å²) < 4.78 is 10.5. The molecule has 0 amide bonds. The summed E-state index contributed by atoms with van der Waals surface area (Å²) >= 11 is 0. The molecule has 2 aromatic carbocycles. The lowest BCUT2D eigenvalue weighted by Gasteiger charge is -2.10. The van der Waals surface area contributed by atoms with Crippen LogP contribution in [0.3, 0.4) is 0 Å². The van der Waals surface area contributed by atoms with Crippen molar-refractivity contribution in [3.63, 3.8) is 0 Å². The van der Waals surface area contributed by atoms with Crippen LogP contribution < -0.4 is 4.74 Å². The zero-order chi connectivity index (χ0) is 13.5. The van der Waals surface area contributed by atoms with Crippen LogP contribution in [0.15, 0.2) is 54.6 Å². The molecule has 0 aliphatic heterocycles. The monoisotopic (exact) mass is 253 g/mol. The van der Waals surface area contributed by atoms with Crippen LogP contribution in [0.25, 0.3) is 0 Å². The molecule has 0 aliphatic rings. The first-order chi connectivity index (χ1) is 9.29. The molecule has 0 aliphatic carbocycles. The quantitative estimate of drug-likeness (QED) is 0.760. The Balaban J connectivity index is 1.94. The van der Waals surface area contributed by atoms with Gasteiger partial charge in [0.25, 0.3) is 6.26 Å². The highest BCUT2D eigenvalue weighted by atomic mass is 16.5. The summed E-state index contributed by atoms with van der Waals surface area (Å²) in [6.45, 7) is 2.38. The summed E-state index contributed by atoms with van der Waals surface area (Å²) in [5, 5.41) is 8.47. The first-order valence-electron chi connectivity index (χ1n) is 6.11. The molecule has 0 N–H and O–H groups in total. The molecule has 0 spiro atoms. The van der Waals surface area contributed by atoms with Crippen molar-refractivity contribution < 1.29 is 9.47 Å². The Kier molecular flexibility index (Phi) is 4.41. The Morgan fingerprint density at radius 3 is 2.37 bits per heavy atom. The maximum absolute atomic E-state index is 8.47. The molecule has 0 radical (unpaired) electrons. The molecule has 0 unspecified atom stereocenters. The number of rotatable bonds is 5. The molecule has 0 saturated heterocycles. The van der Waals surface area contributed by atoms with E-state index in [1.165, 1.54) is 0 Å². The zero-order valence-corrected chi connectivity index (χ0v) is 10.7. The minimum Gasteiger partial charge on any atom is -0.489 e. The molecule has 96 valence electrons. The van der Waals surface area contributed by atoms with Crippen LogP contribution in [-0.2, 0) is 11.3 Å². The first kappa shape index (κ1) is 13.0. The Morgan fingerprint density at radius 2 is 1.74 bits per heavy atom. The van der Waals surface area contributed by atoms with E-state index in [-0.39, 0.29) is 6.10 Å². The lowest BCUT2D eigenvalue weighted by atomic mass is 10.1. The van der Waals surface area contributed by atoms with Crippen molar-refractivity contribution in [1.82, 2.24) is 0 Å². The third-order valence-corrected chi connectivity index (χ3v) is 2.83. The van der Waals surface area contributed by atoms with Crippen molar-refractivity contribution in [3.8, 4) is 12.0 Å². The van der Waals surface area contributed by atoms with Gasteiger partial charge in [-0.05, 0) is 30.2 Å². The second-order valence-electron chi connectivity index (χ2n) is 4.19. The second-order valence-corrected chi connectivity index (χ2v) is 4.19. The summed E-state index contributed by atoms with van der Waals surface area (Å²) in [6.07, 6.45) is 1.47. The van der Waals surface area contributed by atoms with Gasteiger partial charge in [-0.1, -0.05) is 42.5 Å². The van der Waals surface area contributed by atoms with E-state index >= 15 is 0 Å². The van der Waals surface area contributed by atoms with Gasteiger partial charge in [0.15, 0.2) is 0 Å². The molecular weight excluding hydrogens is 238 g/mol. The lowest BCUT2D eigenvalue weighted by Crippen LogP contribution is -1.97. The summed E-state index contributed by atoms with van der Waals surface area (Å²) in [5.41, 5.74) is 2.08. The molecule has 19 heavy (non-hydrogen) atoms. The Morgan fingerprint density at radius 1 is 1.05 bits per heavy atom. The Labute approximate surface area is 113 Å². The van der Waals surface area contributed by atoms with Crippen molar-refractivity contribution in [2.24, 2.45) is 0 Å². The molecule has 0 saturated carbocycles. The average Bonchev–Trinajstić information content (AvgIpc) is 2.47. The predicted molar refractivity (Wildman–Crippen MR) is 72.3 cm³/mol. The van der Waals surface area contributed by atoms with Gasteiger partial charge in [-0.25, -0.2) is 0 Å². The molecule has 0 heterocycles. The molecule has 2 aromatic rings. The minimum absolute atomic E-state index is 0.229. The van der Waals surface area contributed by atoms with E-state index < -0.39 is 0 Å². The van der Waals surface area contributed by atoms with Gasteiger partial charge in [0.2, 0.25) is 0 Å². The van der Waals surface area contributed by atoms with E-state index in [0.29, 0.717) is 6.61 Å². The smallest absolute Gasteiger partial charge is 0.286 e. The fourth-order valence-corrected chi connectivity index (χ4v) is 1.72. The van der Waals surface area contributed by atoms with Crippen molar-refractivity contribution in [1.29, 1.82) is 5.26 Å². The summed E-state index contributed by atoms with van der Waals surface area (Å²) in [7, 11) is 0. The first-order valence-corrected chi connectivity index (χ1v) is 6.11. The number of nitriles is 1. The third kappa shape index (κ3) is 3.75. The van der Waals surface area contributed by atoms with Gasteiger partial charge >= 0.3 is 0 Å². The van der Waals surface area contributed by atoms with E-state index in [9.17, 15) is 0 Å². The van der Waals surface area contributed by atoms with Gasteiger partial charge in [0, 0.05) is 0 Å². The SMILES string of the molecule is C[C@H](OC#N)c1ccc(OCc2ccccc2)cc1. The highest BCUT2D eigenvalue weighted by Gasteiger charge is 2.05. The summed E-state index contributed by atoms with van der Waals surface area (Å²) in [5.74, 6) is 0.803. The molecule has 0 bridgehead atoms. The number of nitrogens with zero attached hydrogens (tertiary/aromatic N) is 1. The number of hydrogen-bond acceptors (Lipinski definition) is 3. The highest BCUT2D eigenvalue weighted by molar-refractivity contribution is 5.29. The van der Waals surface area contributed by atoms with E-state index in [4.69, 9.17) is 14.7 Å². The van der Waals surface area contributed by atoms with Gasteiger partial charge in [-0.15, -0.1) is 0 Å². The normalized spacial score (nSPS) is 11.4. The maximum atomic E-state index is 8.47. The Bertz CT molecular complexity index is 543. The van der Waals surface area contributed by atoms with Crippen LogP contribution in [0, 0.1) is 11.5 Å². The number of benzene rings is 2. The van der Waals surface area contributed by atoms with Gasteiger partial charge in [-0.3, -0.25) is 0 Å². The largest absolute Gasteiger partial charge is 0.489 e. The molecule has 0 aromatic heterocycles. The van der Waals surface area contributed by atoms with Crippen molar-refractivity contribution >= 4 is 0 Å². The standard InChI is InChI=1S/C16H15NO2/c1-13(19-12-17)15-7-9-16(10-8-15)18-11-14-5-3-2-4-6-14/h2-10,13H,11H2,1H3/t13-/m0/s1. The molecule has 2 rings (SSSR count). The van der Waals surface area contributed by atoms with Crippen molar-refractivity contribution in [3.05, 3.63) is 65.7 Å². The van der Waals surface area contributed by atoms with E-state index in [1.54, 1.807) is 6.26 Å². The Hall–Kier alpha value is -2.47. The van der Waals surface area contributed by atoms with Crippen LogP contribution in [0.2, 0.25) is 0 Å². The van der Waals surface area contributed by atoms with Crippen molar-refractivity contribution in [2.45, 2.75) is 19.6 Å². The van der Waals surface area contributed by atoms with E-state index in [2.05, 4.69) is 0 Å². The molecule has 1 atom stereocenters. The van der Waals surface area contributed by atoms with Crippen LogP contribution in [0.5, 0.6) is 5.75 Å². The van der Waals surface area contributed by atoms with Crippen LogP contribution in [0.1, 0.15) is 24.2 Å². The molecule has 0 fully saturated rings. The minimum atomic E-state index is -0.229. The summed E-state index contributed by atoms with van der Waals surface area (Å²) in [4.78, 5) is 0. The fourth-order valence-electron chi connectivity index (χ4n) is 1.72. The molecular formula is C16H15NO2. The van der Waals surface area contributed by atoms with Gasteiger partial charge in [-0.2, -0.15) is 5.26 Å². The van der Waals surface area contributed by atoms with Crippen molar-refractivity contribution in [2.75, 3.05) is 0 Å². The fraction of sp³-hybridized carbons (Fsp3) is 0.188. The maximum Gasteiger partial charge on any atom is 0.286 e. The van der Waals surface area contributed by atoms with Gasteiger partial charge in [0.1, 0.15) is 18.5 Å². The highest BCUT2D eigenvalue weighted by Crippen LogP contribution is 2.20. The topological polar surface area (TPSA) is 42.2 Å². The van der Waals surface area contributed by atoms with Gasteiger partial charge in [0.05, 0.1) is 0 Å². The average molecular weight is 253 g/mol. The number of hydrogen-bond donors (Lipinski definition) is 0. The number of ether oxygens (including phenoxy) is 2. The molecule has 3 heteroatoms. The predicted octanol–water partition coefficient (Wildman–Crippen LogP) is 3.82. The summed E-state index contributed by atoms with van der Waals surface area (Å²) in [6, 6.07) is 17.6. The van der Waals surface area contributed by atoms with Gasteiger partial charge < -0.3 is 9.47 Å². The van der Waals surface area contributed by atoms with Crippen LogP contribution >= 0.6 is 0 Å². The third-order valence-electron chi connectivity index (χ3n) is 2.83. The zero-order valence-electron chi connectivity index (χ0n) is 10.7. The van der Waals surface area contributed by atoms with Crippen LogP contribution in [-0.4, -0.2) is 0 Å². The lowest BCUT2D eigenvalue weighted by molar-refractivity contribution is 0.182.